The van der Waals surface area contributed by atoms with E-state index >= 15 is 0 Å². The number of benzene rings is 1. The van der Waals surface area contributed by atoms with Crippen molar-refractivity contribution >= 4 is 11.6 Å². The third kappa shape index (κ3) is 5.60. The SMILES string of the molecule is COc1ccc(NC(N)=NCC(CO)Cc2ccccn2)cc1. The molecule has 0 spiro atoms. The van der Waals surface area contributed by atoms with Crippen molar-refractivity contribution in [2.45, 2.75) is 6.42 Å². The molecule has 1 aromatic heterocycles. The first-order valence-corrected chi connectivity index (χ1v) is 7.43. The van der Waals surface area contributed by atoms with Crippen molar-refractivity contribution in [2.75, 3.05) is 25.6 Å². The summed E-state index contributed by atoms with van der Waals surface area (Å²) in [6.45, 7) is 0.470. The molecule has 2 rings (SSSR count). The van der Waals surface area contributed by atoms with Gasteiger partial charge in [0.2, 0.25) is 0 Å². The number of aromatic nitrogens is 1. The Bertz CT molecular complexity index is 614. The number of methoxy groups -OCH3 is 1. The Morgan fingerprint density at radius 2 is 2.09 bits per heavy atom. The minimum Gasteiger partial charge on any atom is -0.497 e. The van der Waals surface area contributed by atoms with Crippen LogP contribution in [0.2, 0.25) is 0 Å². The summed E-state index contributed by atoms with van der Waals surface area (Å²) in [5.74, 6) is 1.08. The highest BCUT2D eigenvalue weighted by Gasteiger charge is 2.09. The van der Waals surface area contributed by atoms with E-state index in [2.05, 4.69) is 15.3 Å². The van der Waals surface area contributed by atoms with Crippen LogP contribution in [0.4, 0.5) is 5.69 Å². The van der Waals surface area contributed by atoms with Gasteiger partial charge in [0.1, 0.15) is 5.75 Å². The van der Waals surface area contributed by atoms with Gasteiger partial charge in [-0.1, -0.05) is 6.07 Å². The molecule has 1 heterocycles. The Morgan fingerprint density at radius 1 is 1.30 bits per heavy atom. The van der Waals surface area contributed by atoms with Gasteiger partial charge in [0.05, 0.1) is 7.11 Å². The topological polar surface area (TPSA) is 92.8 Å². The van der Waals surface area contributed by atoms with E-state index in [1.165, 1.54) is 0 Å². The molecular weight excluding hydrogens is 292 g/mol. The molecular formula is C17H22N4O2. The molecule has 122 valence electrons. The fourth-order valence-corrected chi connectivity index (χ4v) is 2.09. The molecule has 0 saturated heterocycles. The Labute approximate surface area is 136 Å². The van der Waals surface area contributed by atoms with E-state index in [4.69, 9.17) is 10.5 Å². The van der Waals surface area contributed by atoms with Crippen molar-refractivity contribution < 1.29 is 9.84 Å². The first kappa shape index (κ1) is 16.8. The number of rotatable bonds is 7. The highest BCUT2D eigenvalue weighted by Crippen LogP contribution is 2.14. The quantitative estimate of drug-likeness (QED) is 0.534. The Hall–Kier alpha value is -2.60. The number of aliphatic hydroxyl groups excluding tert-OH is 1. The lowest BCUT2D eigenvalue weighted by Gasteiger charge is -2.12. The van der Waals surface area contributed by atoms with E-state index in [0.717, 1.165) is 17.1 Å². The zero-order valence-corrected chi connectivity index (χ0v) is 13.1. The number of hydrogen-bond donors (Lipinski definition) is 3. The molecule has 0 aliphatic heterocycles. The highest BCUT2D eigenvalue weighted by molar-refractivity contribution is 5.92. The first-order valence-electron chi connectivity index (χ1n) is 7.43. The standard InChI is InChI=1S/C17H22N4O2/c1-23-16-7-5-14(6-8-16)21-17(18)20-11-13(12-22)10-15-4-2-3-9-19-15/h2-9,13,22H,10-12H2,1H3,(H3,18,20,21). The van der Waals surface area contributed by atoms with Crippen molar-refractivity contribution in [1.29, 1.82) is 0 Å². The number of nitrogens with two attached hydrogens (primary N) is 1. The lowest BCUT2D eigenvalue weighted by atomic mass is 10.0. The fraction of sp³-hybridized carbons (Fsp3) is 0.294. The minimum absolute atomic E-state index is 0.0129. The van der Waals surface area contributed by atoms with Gasteiger partial charge in [-0.05, 0) is 42.8 Å². The molecule has 1 unspecified atom stereocenters. The number of aliphatic imine (C=N–C) groups is 1. The maximum Gasteiger partial charge on any atom is 0.193 e. The van der Waals surface area contributed by atoms with Crippen LogP contribution in [0.3, 0.4) is 0 Å². The number of hydrogen-bond acceptors (Lipinski definition) is 4. The van der Waals surface area contributed by atoms with Crippen LogP contribution in [0.25, 0.3) is 0 Å². The van der Waals surface area contributed by atoms with Crippen molar-refractivity contribution in [1.82, 2.24) is 4.98 Å². The molecule has 0 bridgehead atoms. The van der Waals surface area contributed by atoms with E-state index in [1.807, 2.05) is 42.5 Å². The van der Waals surface area contributed by atoms with Crippen LogP contribution in [-0.4, -0.2) is 36.3 Å². The number of ether oxygens (including phenoxy) is 1. The van der Waals surface area contributed by atoms with Gasteiger partial charge in [-0.2, -0.15) is 0 Å². The second-order valence-corrected chi connectivity index (χ2v) is 5.15. The number of guanidine groups is 1. The number of aliphatic hydroxyl groups is 1. The second kappa shape index (κ2) is 8.75. The minimum atomic E-state index is -0.0129. The molecule has 6 heteroatoms. The van der Waals surface area contributed by atoms with Crippen LogP contribution < -0.4 is 15.8 Å². The van der Waals surface area contributed by atoms with Gasteiger partial charge in [0.25, 0.3) is 0 Å². The van der Waals surface area contributed by atoms with Gasteiger partial charge in [-0.3, -0.25) is 9.98 Å². The number of pyridine rings is 1. The maximum atomic E-state index is 9.48. The molecule has 1 aromatic carbocycles. The van der Waals surface area contributed by atoms with Crippen molar-refractivity contribution in [2.24, 2.45) is 16.6 Å². The van der Waals surface area contributed by atoms with E-state index < -0.39 is 0 Å². The summed E-state index contributed by atoms with van der Waals surface area (Å²) in [6, 6.07) is 13.1. The van der Waals surface area contributed by atoms with Crippen molar-refractivity contribution in [3.63, 3.8) is 0 Å². The van der Waals surface area contributed by atoms with Gasteiger partial charge in [0.15, 0.2) is 5.96 Å². The average Bonchev–Trinajstić information content (AvgIpc) is 2.60. The molecule has 1 atom stereocenters. The molecule has 2 aromatic rings. The summed E-state index contributed by atoms with van der Waals surface area (Å²) in [5.41, 5.74) is 7.65. The summed E-state index contributed by atoms with van der Waals surface area (Å²) in [5, 5.41) is 12.5. The molecule has 0 saturated carbocycles. The zero-order chi connectivity index (χ0) is 16.5. The van der Waals surface area contributed by atoms with Crippen LogP contribution in [0.1, 0.15) is 5.69 Å². The highest BCUT2D eigenvalue weighted by atomic mass is 16.5. The lowest BCUT2D eigenvalue weighted by Crippen LogP contribution is -2.25. The number of nitrogens with one attached hydrogen (secondary N) is 1. The van der Waals surface area contributed by atoms with Crippen LogP contribution >= 0.6 is 0 Å². The van der Waals surface area contributed by atoms with Gasteiger partial charge in [-0.15, -0.1) is 0 Å². The second-order valence-electron chi connectivity index (χ2n) is 5.15. The van der Waals surface area contributed by atoms with Crippen LogP contribution in [0.5, 0.6) is 5.75 Å². The molecule has 6 nitrogen and oxygen atoms in total. The molecule has 0 fully saturated rings. The smallest absolute Gasteiger partial charge is 0.193 e. The van der Waals surface area contributed by atoms with E-state index in [1.54, 1.807) is 13.3 Å². The first-order chi connectivity index (χ1) is 11.2. The molecule has 0 aliphatic rings. The van der Waals surface area contributed by atoms with Crippen LogP contribution in [-0.2, 0) is 6.42 Å². The predicted octanol–water partition coefficient (Wildman–Crippen LogP) is 1.67. The van der Waals surface area contributed by atoms with Crippen molar-refractivity contribution in [3.8, 4) is 5.75 Å². The van der Waals surface area contributed by atoms with Gasteiger partial charge >= 0.3 is 0 Å². The van der Waals surface area contributed by atoms with E-state index in [9.17, 15) is 5.11 Å². The summed E-state index contributed by atoms with van der Waals surface area (Å²) in [6.07, 6.45) is 2.41. The van der Waals surface area contributed by atoms with Crippen molar-refractivity contribution in [3.05, 3.63) is 54.4 Å². The van der Waals surface area contributed by atoms with Gasteiger partial charge < -0.3 is 20.9 Å². The molecule has 0 aliphatic carbocycles. The molecule has 0 radical (unpaired) electrons. The number of nitrogens with zero attached hydrogens (tertiary/aromatic N) is 2. The third-order valence-electron chi connectivity index (χ3n) is 3.36. The normalized spacial score (nSPS) is 12.7. The number of anilines is 1. The summed E-state index contributed by atoms with van der Waals surface area (Å²) >= 11 is 0. The zero-order valence-electron chi connectivity index (χ0n) is 13.1. The molecule has 23 heavy (non-hydrogen) atoms. The monoisotopic (exact) mass is 314 g/mol. The summed E-state index contributed by atoms with van der Waals surface area (Å²) < 4.78 is 5.10. The Balaban J connectivity index is 1.88. The average molecular weight is 314 g/mol. The van der Waals surface area contributed by atoms with Crippen LogP contribution in [0.15, 0.2) is 53.7 Å². The fourth-order valence-electron chi connectivity index (χ4n) is 2.09. The Morgan fingerprint density at radius 3 is 2.70 bits per heavy atom. The largest absolute Gasteiger partial charge is 0.497 e. The third-order valence-corrected chi connectivity index (χ3v) is 3.36. The van der Waals surface area contributed by atoms with Gasteiger partial charge in [0, 0.05) is 36.6 Å². The molecule has 4 N–H and O–H groups in total. The van der Waals surface area contributed by atoms with E-state index in [0.29, 0.717) is 18.9 Å². The summed E-state index contributed by atoms with van der Waals surface area (Å²) in [4.78, 5) is 8.55. The Kier molecular flexibility index (Phi) is 6.38. The van der Waals surface area contributed by atoms with Gasteiger partial charge in [-0.25, -0.2) is 0 Å². The van der Waals surface area contributed by atoms with E-state index in [-0.39, 0.29) is 12.5 Å². The molecule has 0 amide bonds. The summed E-state index contributed by atoms with van der Waals surface area (Å²) in [7, 11) is 1.62. The lowest BCUT2D eigenvalue weighted by molar-refractivity contribution is 0.229. The maximum absolute atomic E-state index is 9.48. The predicted molar refractivity (Wildman–Crippen MR) is 91.6 cm³/mol. The van der Waals surface area contributed by atoms with Crippen LogP contribution in [0, 0.1) is 5.92 Å².